The molecule has 0 aromatic carbocycles. The molecular formula is C82H106N22. The minimum atomic E-state index is 0.0610. The highest BCUT2D eigenvalue weighted by molar-refractivity contribution is 5.44. The Kier molecular flexibility index (Phi) is 23.0. The van der Waals surface area contributed by atoms with Crippen molar-refractivity contribution in [2.75, 3.05) is 0 Å². The van der Waals surface area contributed by atoms with Crippen LogP contribution in [0, 0.1) is 0 Å². The van der Waals surface area contributed by atoms with Gasteiger partial charge in [0.25, 0.3) is 0 Å². The summed E-state index contributed by atoms with van der Waals surface area (Å²) >= 11 is 0. The molecule has 104 heavy (non-hydrogen) atoms. The van der Waals surface area contributed by atoms with E-state index in [2.05, 4.69) is 272 Å². The van der Waals surface area contributed by atoms with E-state index in [1.54, 1.807) is 42.8 Å². The second-order valence-corrected chi connectivity index (χ2v) is 34.0. The molecule has 0 aliphatic carbocycles. The van der Waals surface area contributed by atoms with Crippen molar-refractivity contribution in [3.63, 3.8) is 0 Å². The summed E-state index contributed by atoms with van der Waals surface area (Å²) in [5.74, 6) is 1.53. The molecule has 0 spiro atoms. The van der Waals surface area contributed by atoms with Gasteiger partial charge in [0.2, 0.25) is 11.6 Å². The minimum absolute atomic E-state index is 0.0610. The third-order valence-corrected chi connectivity index (χ3v) is 16.7. The molecule has 0 N–H and O–H groups in total. The van der Waals surface area contributed by atoms with E-state index in [0.717, 1.165) is 73.9 Å². The fraction of sp³-hybridized carbons (Fsp3) is 0.390. The summed E-state index contributed by atoms with van der Waals surface area (Å²) in [7, 11) is 0. The van der Waals surface area contributed by atoms with E-state index in [1.165, 1.54) is 16.7 Å². The summed E-state index contributed by atoms with van der Waals surface area (Å²) in [6.07, 6.45) is 40.1. The number of aromatic nitrogens is 22. The summed E-state index contributed by atoms with van der Waals surface area (Å²) in [5, 5.41) is 17.4. The number of hydrogen-bond acceptors (Lipinski definition) is 14. The van der Waals surface area contributed by atoms with Crippen LogP contribution in [0.15, 0.2) is 209 Å². The lowest BCUT2D eigenvalue weighted by Gasteiger charge is -2.18. The van der Waals surface area contributed by atoms with E-state index in [9.17, 15) is 0 Å². The van der Waals surface area contributed by atoms with Gasteiger partial charge in [-0.25, -0.2) is 67.9 Å². The Morgan fingerprint density at radius 3 is 1.32 bits per heavy atom. The molecule has 16 aromatic heterocycles. The van der Waals surface area contributed by atoms with Gasteiger partial charge in [0.05, 0.1) is 41.4 Å². The maximum atomic E-state index is 4.57. The van der Waals surface area contributed by atoms with Crippen molar-refractivity contribution in [2.24, 2.45) is 0 Å². The van der Waals surface area contributed by atoms with Crippen LogP contribution in [0.25, 0.3) is 45.4 Å². The molecule has 0 bridgehead atoms. The summed E-state index contributed by atoms with van der Waals surface area (Å²) in [6.45, 7) is 51.8. The summed E-state index contributed by atoms with van der Waals surface area (Å²) in [5.41, 5.74) is 15.6. The van der Waals surface area contributed by atoms with Crippen molar-refractivity contribution >= 4 is 45.4 Å². The molecule has 0 radical (unpaired) electrons. The molecule has 16 rings (SSSR count). The maximum Gasteiger partial charge on any atom is 0.233 e. The highest BCUT2D eigenvalue weighted by Gasteiger charge is 2.22. The Morgan fingerprint density at radius 2 is 0.683 bits per heavy atom. The molecule has 0 fully saturated rings. The number of nitrogens with zero attached hydrogens (tertiary/aromatic N) is 22. The standard InChI is InChI=1S/2C11H14N2.6C10H13N3/c1-11(2,3)9-6-8-13-7-4-5-10(13)12-9;1-11(2,3)9-7-12-10-5-4-6-13(10)8-9;1-10(2,3)8-4-6-13-7-5-11-9(13)12-8;1-10(2,3)8-6-12-9-11-4-5-13(9)7-8;1-10(2,3)8-6-9-11-4-5-13(9)12-7-8;1-10(2,3)8-4-5-9-11-6-7-13(9)12-8;1-10(2,3)8-7-11-13-6-4-5-9(13)12-8;1-10(2,3)8-7-11-9-5-4-6-13(9)12-8/h2*4-8H,1-3H3;6*4-7H,1-3H3. The Hall–Kier alpha value is -10.9. The van der Waals surface area contributed by atoms with Gasteiger partial charge in [0.1, 0.15) is 11.3 Å². The van der Waals surface area contributed by atoms with E-state index in [1.807, 2.05) is 167 Å². The molecule has 22 heteroatoms. The zero-order valence-electron chi connectivity index (χ0n) is 65.5. The molecule has 544 valence electrons. The topological polar surface area (TPSA) is 216 Å². The van der Waals surface area contributed by atoms with Gasteiger partial charge < -0.3 is 8.80 Å². The van der Waals surface area contributed by atoms with Crippen LogP contribution in [-0.2, 0) is 43.3 Å². The molecule has 0 saturated heterocycles. The van der Waals surface area contributed by atoms with Crippen molar-refractivity contribution in [3.05, 3.63) is 254 Å². The van der Waals surface area contributed by atoms with Crippen LogP contribution in [0.4, 0.5) is 0 Å². The molecule has 22 nitrogen and oxygen atoms in total. The van der Waals surface area contributed by atoms with Gasteiger partial charge in [-0.2, -0.15) is 20.4 Å². The van der Waals surface area contributed by atoms with E-state index < -0.39 is 0 Å². The first-order valence-corrected chi connectivity index (χ1v) is 35.3. The molecule has 0 saturated carbocycles. The van der Waals surface area contributed by atoms with Gasteiger partial charge in [-0.3, -0.25) is 8.80 Å². The maximum absolute atomic E-state index is 4.57. The lowest BCUT2D eigenvalue weighted by Crippen LogP contribution is -2.15. The van der Waals surface area contributed by atoms with Gasteiger partial charge >= 0.3 is 0 Å². The first kappa shape index (κ1) is 77.3. The van der Waals surface area contributed by atoms with Gasteiger partial charge in [0.15, 0.2) is 22.6 Å². The van der Waals surface area contributed by atoms with E-state index in [0.29, 0.717) is 0 Å². The largest absolute Gasteiger partial charge is 0.309 e. The second-order valence-electron chi connectivity index (χ2n) is 34.0. The highest BCUT2D eigenvalue weighted by Crippen LogP contribution is 2.27. The third-order valence-electron chi connectivity index (χ3n) is 16.7. The highest BCUT2D eigenvalue weighted by atomic mass is 15.3. The molecule has 16 heterocycles. The van der Waals surface area contributed by atoms with Gasteiger partial charge in [-0.05, 0) is 112 Å². The average molecular weight is 1400 g/mol. The number of rotatable bonds is 0. The Balaban J connectivity index is 0.000000138. The monoisotopic (exact) mass is 1400 g/mol. The van der Waals surface area contributed by atoms with Crippen LogP contribution in [-0.4, -0.2) is 106 Å². The third kappa shape index (κ3) is 20.7. The predicted molar refractivity (Wildman–Crippen MR) is 418 cm³/mol. The van der Waals surface area contributed by atoms with Crippen molar-refractivity contribution in [1.82, 2.24) is 106 Å². The quantitative estimate of drug-likeness (QED) is 0.138. The van der Waals surface area contributed by atoms with Crippen LogP contribution in [0.3, 0.4) is 0 Å². The summed E-state index contributed by atoms with van der Waals surface area (Å²) < 4.78 is 15.1. The fourth-order valence-electron chi connectivity index (χ4n) is 9.85. The van der Waals surface area contributed by atoms with Crippen LogP contribution in [0.1, 0.15) is 211 Å². The first-order chi connectivity index (χ1) is 48.6. The number of fused-ring (bicyclic) bond motifs is 8. The Bertz CT molecular complexity index is 4390. The smallest absolute Gasteiger partial charge is 0.233 e. The van der Waals surface area contributed by atoms with Crippen LogP contribution in [0.5, 0.6) is 0 Å². The minimum Gasteiger partial charge on any atom is -0.309 e. The summed E-state index contributed by atoms with van der Waals surface area (Å²) in [6, 6.07) is 26.1. The average Bonchev–Trinajstić information content (AvgIpc) is 1.73. The van der Waals surface area contributed by atoms with Crippen LogP contribution < -0.4 is 0 Å². The molecule has 0 aliphatic heterocycles. The second kappa shape index (κ2) is 31.0. The number of hydrogen-bond donors (Lipinski definition) is 0. The van der Waals surface area contributed by atoms with E-state index in [-0.39, 0.29) is 43.3 Å². The SMILES string of the molecule is CC(C)(C)c1ccc2nccn2n1.CC(C)(C)c1ccn2cccc2n1.CC(C)(C)c1ccn2ccnc2n1.CC(C)(C)c1cnc2cccn2c1.CC(C)(C)c1cnc2cccn2n1.CC(C)(C)c1cnc2nccn2c1.CC(C)(C)c1cnn2cccc2n1.CC(C)(C)c1cnn2ccnc2c1. The molecule has 0 aliphatic rings. The molecular weight excluding hydrogens is 1290 g/mol. The first-order valence-electron chi connectivity index (χ1n) is 35.3. The van der Waals surface area contributed by atoms with E-state index in [4.69, 9.17) is 0 Å². The van der Waals surface area contributed by atoms with Crippen molar-refractivity contribution < 1.29 is 0 Å². The van der Waals surface area contributed by atoms with Crippen molar-refractivity contribution in [2.45, 2.75) is 209 Å². The lowest BCUT2D eigenvalue weighted by molar-refractivity contribution is 0.550. The summed E-state index contributed by atoms with van der Waals surface area (Å²) in [4.78, 5) is 43.0. The zero-order valence-corrected chi connectivity index (χ0v) is 65.5. The van der Waals surface area contributed by atoms with Crippen molar-refractivity contribution in [1.29, 1.82) is 0 Å². The lowest BCUT2D eigenvalue weighted by atomic mass is 9.89. The van der Waals surface area contributed by atoms with Crippen LogP contribution >= 0.6 is 0 Å². The molecule has 0 amide bonds. The fourth-order valence-corrected chi connectivity index (χ4v) is 9.85. The normalized spacial score (nSPS) is 12.2. The number of imidazole rings is 4. The van der Waals surface area contributed by atoms with Gasteiger partial charge in [-0.1, -0.05) is 166 Å². The van der Waals surface area contributed by atoms with Gasteiger partial charge in [0, 0.05) is 144 Å². The molecule has 0 atom stereocenters. The van der Waals surface area contributed by atoms with Crippen LogP contribution in [0.2, 0.25) is 0 Å². The predicted octanol–water partition coefficient (Wildman–Crippen LogP) is 17.4. The Morgan fingerprint density at radius 1 is 0.240 bits per heavy atom. The molecule has 16 aromatic rings. The molecule has 0 unspecified atom stereocenters. The van der Waals surface area contributed by atoms with E-state index >= 15 is 0 Å². The Labute approximate surface area is 611 Å². The van der Waals surface area contributed by atoms with Gasteiger partial charge in [-0.15, -0.1) is 0 Å². The van der Waals surface area contributed by atoms with Crippen molar-refractivity contribution in [3.8, 4) is 0 Å². The zero-order chi connectivity index (χ0) is 75.8.